The molecule has 21 heavy (non-hydrogen) atoms. The van der Waals surface area contributed by atoms with Crippen LogP contribution in [0.15, 0.2) is 51.3 Å². The molecule has 1 aromatic carbocycles. The Morgan fingerprint density at radius 2 is 2.10 bits per heavy atom. The van der Waals surface area contributed by atoms with Crippen LogP contribution in [0.3, 0.4) is 0 Å². The fourth-order valence-electron chi connectivity index (χ4n) is 1.57. The Balaban J connectivity index is 0.00000400. The quantitative estimate of drug-likeness (QED) is 0.144. The van der Waals surface area contributed by atoms with E-state index in [1.165, 1.54) is 15.8 Å². The highest BCUT2D eigenvalue weighted by Crippen LogP contribution is 2.27. The first-order valence-electron chi connectivity index (χ1n) is 6.70. The highest BCUT2D eigenvalue weighted by molar-refractivity contribution is 14.0. The SMILES string of the molecule is C=CCNC(=NC)NCCCCSc1ccccc1Br.I. The number of rotatable bonds is 8. The fourth-order valence-corrected chi connectivity index (χ4v) is 3.14. The largest absolute Gasteiger partial charge is 0.356 e. The Bertz CT molecular complexity index is 441. The van der Waals surface area contributed by atoms with Gasteiger partial charge in [0.2, 0.25) is 0 Å². The summed E-state index contributed by atoms with van der Waals surface area (Å²) in [6.07, 6.45) is 4.13. The number of unbranched alkanes of at least 4 members (excludes halogenated alkanes) is 1. The lowest BCUT2D eigenvalue weighted by atomic mass is 10.3. The predicted molar refractivity (Wildman–Crippen MR) is 109 cm³/mol. The summed E-state index contributed by atoms with van der Waals surface area (Å²) in [4.78, 5) is 5.45. The van der Waals surface area contributed by atoms with Gasteiger partial charge >= 0.3 is 0 Å². The van der Waals surface area contributed by atoms with Gasteiger partial charge in [-0.2, -0.15) is 0 Å². The molecule has 0 unspecified atom stereocenters. The monoisotopic (exact) mass is 483 g/mol. The minimum absolute atomic E-state index is 0. The second kappa shape index (κ2) is 13.5. The first kappa shape index (κ1) is 20.8. The van der Waals surface area contributed by atoms with Gasteiger partial charge < -0.3 is 10.6 Å². The number of benzene rings is 1. The zero-order valence-electron chi connectivity index (χ0n) is 12.3. The summed E-state index contributed by atoms with van der Waals surface area (Å²) >= 11 is 5.46. The van der Waals surface area contributed by atoms with Crippen molar-refractivity contribution in [1.82, 2.24) is 10.6 Å². The summed E-state index contributed by atoms with van der Waals surface area (Å²) in [5.41, 5.74) is 0. The molecule has 0 atom stereocenters. The van der Waals surface area contributed by atoms with Gasteiger partial charge in [0, 0.05) is 29.5 Å². The normalized spacial score (nSPS) is 10.7. The van der Waals surface area contributed by atoms with Gasteiger partial charge in [0.05, 0.1) is 0 Å². The Kier molecular flexibility index (Phi) is 13.3. The van der Waals surface area contributed by atoms with Crippen molar-refractivity contribution in [3.8, 4) is 0 Å². The molecule has 0 aliphatic heterocycles. The lowest BCUT2D eigenvalue weighted by molar-refractivity contribution is 0.742. The highest BCUT2D eigenvalue weighted by Gasteiger charge is 1.99. The third kappa shape index (κ3) is 9.42. The maximum atomic E-state index is 4.14. The molecule has 0 saturated carbocycles. The van der Waals surface area contributed by atoms with E-state index in [-0.39, 0.29) is 24.0 Å². The molecule has 0 saturated heterocycles. The zero-order valence-corrected chi connectivity index (χ0v) is 17.0. The van der Waals surface area contributed by atoms with Gasteiger partial charge in [0.15, 0.2) is 5.96 Å². The van der Waals surface area contributed by atoms with Gasteiger partial charge in [0.25, 0.3) is 0 Å². The minimum atomic E-state index is 0. The number of aliphatic imine (C=N–C) groups is 1. The van der Waals surface area contributed by atoms with Crippen molar-refractivity contribution >= 4 is 57.6 Å². The van der Waals surface area contributed by atoms with E-state index in [2.05, 4.69) is 56.3 Å². The van der Waals surface area contributed by atoms with Crippen molar-refractivity contribution in [3.63, 3.8) is 0 Å². The topological polar surface area (TPSA) is 36.4 Å². The van der Waals surface area contributed by atoms with Gasteiger partial charge in [-0.1, -0.05) is 18.2 Å². The molecule has 1 aromatic rings. The predicted octanol–water partition coefficient (Wildman–Crippen LogP) is 4.29. The smallest absolute Gasteiger partial charge is 0.191 e. The van der Waals surface area contributed by atoms with Crippen LogP contribution < -0.4 is 10.6 Å². The maximum Gasteiger partial charge on any atom is 0.191 e. The molecular weight excluding hydrogens is 461 g/mol. The number of nitrogens with one attached hydrogen (secondary N) is 2. The second-order valence-corrected chi connectivity index (χ2v) is 6.15. The van der Waals surface area contributed by atoms with Crippen LogP contribution in [-0.4, -0.2) is 31.8 Å². The summed E-state index contributed by atoms with van der Waals surface area (Å²) < 4.78 is 1.18. The van der Waals surface area contributed by atoms with Crippen molar-refractivity contribution < 1.29 is 0 Å². The number of nitrogens with zero attached hydrogens (tertiary/aromatic N) is 1. The molecule has 2 N–H and O–H groups in total. The van der Waals surface area contributed by atoms with Crippen molar-refractivity contribution in [2.75, 3.05) is 25.9 Å². The first-order valence-corrected chi connectivity index (χ1v) is 8.48. The Morgan fingerprint density at radius 1 is 1.33 bits per heavy atom. The Hall–Kier alpha value is -0.210. The molecule has 0 bridgehead atoms. The molecule has 0 amide bonds. The van der Waals surface area contributed by atoms with Crippen LogP contribution in [0.4, 0.5) is 0 Å². The van der Waals surface area contributed by atoms with E-state index < -0.39 is 0 Å². The summed E-state index contributed by atoms with van der Waals surface area (Å²) in [7, 11) is 1.78. The Morgan fingerprint density at radius 3 is 2.76 bits per heavy atom. The van der Waals surface area contributed by atoms with Crippen LogP contribution in [0.2, 0.25) is 0 Å². The average molecular weight is 484 g/mol. The molecule has 0 aromatic heterocycles. The molecule has 0 fully saturated rings. The van der Waals surface area contributed by atoms with Gasteiger partial charge in [0.1, 0.15) is 0 Å². The first-order chi connectivity index (χ1) is 9.77. The van der Waals surface area contributed by atoms with Crippen LogP contribution in [0.5, 0.6) is 0 Å². The number of hydrogen-bond acceptors (Lipinski definition) is 2. The number of guanidine groups is 1. The second-order valence-electron chi connectivity index (χ2n) is 4.15. The van der Waals surface area contributed by atoms with Crippen LogP contribution in [0, 0.1) is 0 Å². The van der Waals surface area contributed by atoms with Gasteiger partial charge in [-0.3, -0.25) is 4.99 Å². The summed E-state index contributed by atoms with van der Waals surface area (Å²) in [5.74, 6) is 1.96. The maximum absolute atomic E-state index is 4.14. The molecule has 0 aliphatic carbocycles. The molecule has 118 valence electrons. The molecule has 0 radical (unpaired) electrons. The van der Waals surface area contributed by atoms with Crippen molar-refractivity contribution in [3.05, 3.63) is 41.4 Å². The van der Waals surface area contributed by atoms with Crippen LogP contribution in [-0.2, 0) is 0 Å². The van der Waals surface area contributed by atoms with E-state index >= 15 is 0 Å². The third-order valence-corrected chi connectivity index (χ3v) is 4.71. The number of halogens is 2. The number of hydrogen-bond donors (Lipinski definition) is 2. The van der Waals surface area contributed by atoms with Gasteiger partial charge in [-0.15, -0.1) is 42.3 Å². The fraction of sp³-hybridized carbons (Fsp3) is 0.400. The molecule has 6 heteroatoms. The molecular formula is C15H23BrIN3S. The van der Waals surface area contributed by atoms with Crippen LogP contribution >= 0.6 is 51.7 Å². The third-order valence-electron chi connectivity index (χ3n) is 2.60. The standard InChI is InChI=1S/C15H22BrN3S.HI/c1-3-10-18-15(17-2)19-11-6-7-12-20-14-9-5-4-8-13(14)16;/h3-5,8-9H,1,6-7,10-12H2,2H3,(H2,17,18,19);1H. The molecule has 3 nitrogen and oxygen atoms in total. The van der Waals surface area contributed by atoms with Crippen molar-refractivity contribution in [2.45, 2.75) is 17.7 Å². The van der Waals surface area contributed by atoms with Crippen molar-refractivity contribution in [1.29, 1.82) is 0 Å². The average Bonchev–Trinajstić information content (AvgIpc) is 2.47. The van der Waals surface area contributed by atoms with E-state index in [4.69, 9.17) is 0 Å². The Labute approximate surface area is 157 Å². The summed E-state index contributed by atoms with van der Waals surface area (Å²) in [6.45, 7) is 5.34. The van der Waals surface area contributed by atoms with Gasteiger partial charge in [-0.05, 0) is 46.7 Å². The molecule has 0 spiro atoms. The van der Waals surface area contributed by atoms with E-state index in [9.17, 15) is 0 Å². The highest BCUT2D eigenvalue weighted by atomic mass is 127. The van der Waals surface area contributed by atoms with Crippen LogP contribution in [0.25, 0.3) is 0 Å². The van der Waals surface area contributed by atoms with E-state index in [0.717, 1.165) is 31.2 Å². The van der Waals surface area contributed by atoms with E-state index in [1.807, 2.05) is 23.9 Å². The molecule has 0 aliphatic rings. The lowest BCUT2D eigenvalue weighted by Crippen LogP contribution is -2.37. The van der Waals surface area contributed by atoms with E-state index in [0.29, 0.717) is 0 Å². The minimum Gasteiger partial charge on any atom is -0.356 e. The van der Waals surface area contributed by atoms with Crippen molar-refractivity contribution in [2.24, 2.45) is 4.99 Å². The van der Waals surface area contributed by atoms with Gasteiger partial charge in [-0.25, -0.2) is 0 Å². The van der Waals surface area contributed by atoms with Crippen LogP contribution in [0.1, 0.15) is 12.8 Å². The molecule has 1 rings (SSSR count). The lowest BCUT2D eigenvalue weighted by Gasteiger charge is -2.10. The summed E-state index contributed by atoms with van der Waals surface area (Å²) in [6, 6.07) is 8.34. The molecule has 0 heterocycles. The summed E-state index contributed by atoms with van der Waals surface area (Å²) in [5, 5.41) is 6.44. The number of thioether (sulfide) groups is 1. The zero-order chi connectivity index (χ0) is 14.6. The van der Waals surface area contributed by atoms with E-state index in [1.54, 1.807) is 7.05 Å².